The van der Waals surface area contributed by atoms with E-state index in [2.05, 4.69) is 22.7 Å². The molecule has 1 aliphatic heterocycles. The maximum absolute atomic E-state index is 8.65. The first-order valence-electron chi connectivity index (χ1n) is 5.26. The highest BCUT2D eigenvalue weighted by Gasteiger charge is 2.32. The summed E-state index contributed by atoms with van der Waals surface area (Å²) in [4.78, 5) is 3.90. The molecule has 0 aliphatic carbocycles. The predicted molar refractivity (Wildman–Crippen MR) is 61.1 cm³/mol. The minimum Gasteiger partial charge on any atom is -0.381 e. The second-order valence-electron chi connectivity index (χ2n) is 4.15. The lowest BCUT2D eigenvalue weighted by Gasteiger charge is -2.35. The number of hydrogen-bond acceptors (Lipinski definition) is 5. The van der Waals surface area contributed by atoms with Crippen molar-refractivity contribution in [2.45, 2.75) is 19.4 Å². The third-order valence-electron chi connectivity index (χ3n) is 3.02. The molecule has 1 aliphatic rings. The normalized spacial score (nSPS) is 19.2. The number of ether oxygens (including phenoxy) is 1. The smallest absolute Gasteiger partial charge is 0.252 e. The molecule has 0 unspecified atom stereocenters. The van der Waals surface area contributed by atoms with Crippen LogP contribution in [-0.4, -0.2) is 33.7 Å². The van der Waals surface area contributed by atoms with Gasteiger partial charge >= 0.3 is 0 Å². The van der Waals surface area contributed by atoms with Crippen molar-refractivity contribution in [3.05, 3.63) is 12.2 Å². The Hall–Kier alpha value is -1.06. The first-order valence-corrected chi connectivity index (χ1v) is 5.89. The van der Waals surface area contributed by atoms with Crippen LogP contribution in [0.5, 0.6) is 0 Å². The van der Waals surface area contributed by atoms with Gasteiger partial charge in [-0.3, -0.25) is 4.68 Å². The zero-order chi connectivity index (χ0) is 11.4. The summed E-state index contributed by atoms with van der Waals surface area (Å²) in [6, 6.07) is 1.93. The van der Waals surface area contributed by atoms with Crippen molar-refractivity contribution in [2.75, 3.05) is 19.0 Å². The molecule has 0 amide bonds. The summed E-state index contributed by atoms with van der Waals surface area (Å²) < 4.78 is 7.10. The molecule has 1 aromatic heterocycles. The average Bonchev–Trinajstić information content (AvgIpc) is 2.78. The molecule has 1 saturated heterocycles. The largest absolute Gasteiger partial charge is 0.381 e. The number of aromatic nitrogens is 3. The van der Waals surface area contributed by atoms with Gasteiger partial charge in [-0.25, -0.2) is 4.98 Å². The van der Waals surface area contributed by atoms with E-state index in [0.29, 0.717) is 0 Å². The maximum atomic E-state index is 8.65. The monoisotopic (exact) mass is 238 g/mol. The number of nitriles is 1. The Balaban J connectivity index is 2.08. The van der Waals surface area contributed by atoms with Gasteiger partial charge in [-0.05, 0) is 18.6 Å². The maximum Gasteiger partial charge on any atom is 0.252 e. The van der Waals surface area contributed by atoms with Gasteiger partial charge in [-0.1, -0.05) is 0 Å². The summed E-state index contributed by atoms with van der Waals surface area (Å²) in [7, 11) is 0. The highest BCUT2D eigenvalue weighted by Crippen LogP contribution is 2.33. The zero-order valence-corrected chi connectivity index (χ0v) is 9.86. The van der Waals surface area contributed by atoms with Crippen molar-refractivity contribution in [3.8, 4) is 6.07 Å². The summed E-state index contributed by atoms with van der Waals surface area (Å²) in [5, 5.41) is 12.7. The van der Waals surface area contributed by atoms with Gasteiger partial charge in [0.05, 0.1) is 0 Å². The highest BCUT2D eigenvalue weighted by atomic mass is 32.1. The number of thiol groups is 1. The van der Waals surface area contributed by atoms with Crippen LogP contribution in [0.1, 0.15) is 18.7 Å². The van der Waals surface area contributed by atoms with Gasteiger partial charge in [0.15, 0.2) is 0 Å². The van der Waals surface area contributed by atoms with Crippen LogP contribution in [0.3, 0.4) is 0 Å². The van der Waals surface area contributed by atoms with Crippen LogP contribution in [0, 0.1) is 16.7 Å². The second-order valence-corrected chi connectivity index (χ2v) is 4.46. The predicted octanol–water partition coefficient (Wildman–Crippen LogP) is 0.876. The zero-order valence-electron chi connectivity index (χ0n) is 8.96. The van der Waals surface area contributed by atoms with Crippen molar-refractivity contribution in [1.82, 2.24) is 14.8 Å². The first kappa shape index (κ1) is 11.4. The first-order chi connectivity index (χ1) is 7.78. The molecule has 0 radical (unpaired) electrons. The lowest BCUT2D eigenvalue weighted by Crippen LogP contribution is -2.35. The topological polar surface area (TPSA) is 63.7 Å². The Bertz CT molecular complexity index is 392. The molecule has 0 N–H and O–H groups in total. The van der Waals surface area contributed by atoms with Gasteiger partial charge in [0, 0.05) is 25.2 Å². The molecule has 5 nitrogen and oxygen atoms in total. The molecule has 86 valence electrons. The fourth-order valence-electron chi connectivity index (χ4n) is 1.94. The molecule has 2 heterocycles. The van der Waals surface area contributed by atoms with Crippen LogP contribution in [0.4, 0.5) is 0 Å². The fourth-order valence-corrected chi connectivity index (χ4v) is 2.35. The van der Waals surface area contributed by atoms with Crippen LogP contribution in [-0.2, 0) is 11.3 Å². The van der Waals surface area contributed by atoms with Crippen LogP contribution in [0.2, 0.25) is 0 Å². The van der Waals surface area contributed by atoms with E-state index in [1.165, 1.54) is 0 Å². The molecule has 0 aromatic carbocycles. The molecule has 6 heteroatoms. The Labute approximate surface area is 99.8 Å². The van der Waals surface area contributed by atoms with Crippen LogP contribution < -0.4 is 0 Å². The molecule has 16 heavy (non-hydrogen) atoms. The fraction of sp³-hybridized carbons (Fsp3) is 0.700. The number of nitrogens with zero attached hydrogens (tertiary/aromatic N) is 4. The summed E-state index contributed by atoms with van der Waals surface area (Å²) >= 11 is 4.43. The van der Waals surface area contributed by atoms with Crippen molar-refractivity contribution in [3.63, 3.8) is 0 Å². The van der Waals surface area contributed by atoms with E-state index in [1.54, 1.807) is 11.0 Å². The van der Waals surface area contributed by atoms with Crippen molar-refractivity contribution in [2.24, 2.45) is 5.41 Å². The molecule has 1 fully saturated rings. The Morgan fingerprint density at radius 2 is 2.31 bits per heavy atom. The van der Waals surface area contributed by atoms with Gasteiger partial charge in [0.2, 0.25) is 0 Å². The van der Waals surface area contributed by atoms with Crippen LogP contribution in [0.25, 0.3) is 0 Å². The average molecular weight is 238 g/mol. The molecule has 0 spiro atoms. The Kier molecular flexibility index (Phi) is 3.46. The number of rotatable bonds is 3. The van der Waals surface area contributed by atoms with E-state index in [9.17, 15) is 0 Å². The summed E-state index contributed by atoms with van der Waals surface area (Å²) in [5.74, 6) is 1.03. The minimum atomic E-state index is 0.127. The van der Waals surface area contributed by atoms with Gasteiger partial charge in [0.1, 0.15) is 12.4 Å². The quantitative estimate of drug-likeness (QED) is 0.794. The highest BCUT2D eigenvalue weighted by molar-refractivity contribution is 7.80. The van der Waals surface area contributed by atoms with Crippen LogP contribution in [0.15, 0.2) is 6.33 Å². The second kappa shape index (κ2) is 4.85. The summed E-state index contributed by atoms with van der Waals surface area (Å²) in [5.41, 5.74) is 0.127. The SMILES string of the molecule is N#Cc1ncn(CC2(CS)CCOCC2)n1. The third-order valence-corrected chi connectivity index (χ3v) is 3.69. The van der Waals surface area contributed by atoms with Gasteiger partial charge in [-0.2, -0.15) is 17.9 Å². The Morgan fingerprint density at radius 1 is 1.56 bits per heavy atom. The lowest BCUT2D eigenvalue weighted by molar-refractivity contribution is 0.0165. The molecule has 0 atom stereocenters. The number of hydrogen-bond donors (Lipinski definition) is 1. The van der Waals surface area contributed by atoms with Crippen LogP contribution >= 0.6 is 12.6 Å². The van der Waals surface area contributed by atoms with E-state index in [-0.39, 0.29) is 11.2 Å². The standard InChI is InChI=1S/C10H14N4OS/c11-5-9-12-8-14(13-9)6-10(7-16)1-3-15-4-2-10/h8,16H,1-4,6-7H2. The molecular weight excluding hydrogens is 224 g/mol. The minimum absolute atomic E-state index is 0.127. The summed E-state index contributed by atoms with van der Waals surface area (Å²) in [6.07, 6.45) is 3.58. The van der Waals surface area contributed by atoms with Gasteiger partial charge in [-0.15, -0.1) is 5.10 Å². The lowest BCUT2D eigenvalue weighted by atomic mass is 9.82. The van der Waals surface area contributed by atoms with Gasteiger partial charge in [0.25, 0.3) is 5.82 Å². The molecule has 0 bridgehead atoms. The summed E-state index contributed by atoms with van der Waals surface area (Å²) in [6.45, 7) is 2.31. The van der Waals surface area contributed by atoms with Crippen molar-refractivity contribution < 1.29 is 4.74 Å². The van der Waals surface area contributed by atoms with E-state index in [4.69, 9.17) is 10.00 Å². The molecule has 0 saturated carbocycles. The van der Waals surface area contributed by atoms with E-state index >= 15 is 0 Å². The molecule has 1 aromatic rings. The molecule has 2 rings (SSSR count). The van der Waals surface area contributed by atoms with Crippen molar-refractivity contribution in [1.29, 1.82) is 5.26 Å². The third kappa shape index (κ3) is 2.36. The van der Waals surface area contributed by atoms with Gasteiger partial charge < -0.3 is 4.74 Å². The van der Waals surface area contributed by atoms with E-state index in [1.807, 2.05) is 6.07 Å². The van der Waals surface area contributed by atoms with E-state index in [0.717, 1.165) is 38.4 Å². The van der Waals surface area contributed by atoms with Crippen molar-refractivity contribution >= 4 is 12.6 Å². The van der Waals surface area contributed by atoms with E-state index < -0.39 is 0 Å². The molecular formula is C10H14N4OS. The Morgan fingerprint density at radius 3 is 2.88 bits per heavy atom.